The van der Waals surface area contributed by atoms with Crippen LogP contribution in [0.5, 0.6) is 5.75 Å². The molecule has 2 heterocycles. The molecule has 0 fully saturated rings. The Bertz CT molecular complexity index is 956. The van der Waals surface area contributed by atoms with E-state index in [1.807, 2.05) is 48.2 Å². The lowest BCUT2D eigenvalue weighted by atomic mass is 9.85. The van der Waals surface area contributed by atoms with Gasteiger partial charge in [-0.1, -0.05) is 31.2 Å². The summed E-state index contributed by atoms with van der Waals surface area (Å²) in [6, 6.07) is 15.8. The van der Waals surface area contributed by atoms with Crippen LogP contribution in [0.25, 0.3) is 0 Å². The van der Waals surface area contributed by atoms with Crippen molar-refractivity contribution in [3.8, 4) is 5.75 Å². The Hall–Kier alpha value is -2.86. The van der Waals surface area contributed by atoms with E-state index < -0.39 is 5.54 Å². The van der Waals surface area contributed by atoms with Crippen molar-refractivity contribution in [1.82, 2.24) is 4.90 Å². The van der Waals surface area contributed by atoms with Crippen LogP contribution in [0.1, 0.15) is 43.4 Å². The monoisotopic (exact) mass is 422 g/mol. The molecule has 31 heavy (non-hydrogen) atoms. The zero-order chi connectivity index (χ0) is 21.8. The molecule has 6 nitrogen and oxygen atoms in total. The fraction of sp³-hybridized carbons (Fsp3) is 0.440. The maximum Gasteiger partial charge on any atom is 0.255 e. The molecule has 1 N–H and O–H groups in total. The van der Waals surface area contributed by atoms with Crippen LogP contribution in [0.4, 0.5) is 0 Å². The minimum Gasteiger partial charge on any atom is -0.494 e. The molecule has 0 bridgehead atoms. The molecule has 2 aliphatic heterocycles. The lowest BCUT2D eigenvalue weighted by Crippen LogP contribution is -2.52. The summed E-state index contributed by atoms with van der Waals surface area (Å²) in [6.45, 7) is 5.92. The summed E-state index contributed by atoms with van der Waals surface area (Å²) in [5, 5.41) is 8.89. The van der Waals surface area contributed by atoms with Crippen LogP contribution in [-0.2, 0) is 22.5 Å². The summed E-state index contributed by atoms with van der Waals surface area (Å²) in [5.41, 5.74) is 2.21. The van der Waals surface area contributed by atoms with Crippen LogP contribution < -0.4 is 4.74 Å². The maximum absolute atomic E-state index is 13.7. The fourth-order valence-electron chi connectivity index (χ4n) is 4.30. The first kappa shape index (κ1) is 21.4. The lowest BCUT2D eigenvalue weighted by molar-refractivity contribution is -0.139. The molecule has 2 aliphatic rings. The van der Waals surface area contributed by atoms with E-state index in [1.165, 1.54) is 5.56 Å². The summed E-state index contributed by atoms with van der Waals surface area (Å²) in [4.78, 5) is 20.6. The van der Waals surface area contributed by atoms with Gasteiger partial charge in [-0.2, -0.15) is 0 Å². The van der Waals surface area contributed by atoms with Crippen molar-refractivity contribution in [2.75, 3.05) is 19.8 Å². The average Bonchev–Trinajstić information content (AvgIpc) is 3.05. The van der Waals surface area contributed by atoms with E-state index in [0.29, 0.717) is 38.4 Å². The van der Waals surface area contributed by atoms with E-state index in [-0.39, 0.29) is 18.6 Å². The molecule has 4 rings (SSSR count). The summed E-state index contributed by atoms with van der Waals surface area (Å²) >= 11 is 0. The summed E-state index contributed by atoms with van der Waals surface area (Å²) < 4.78 is 11.8. The number of aliphatic hydroxyl groups excluding tert-OH is 1. The van der Waals surface area contributed by atoms with Gasteiger partial charge in [0, 0.05) is 38.1 Å². The van der Waals surface area contributed by atoms with Gasteiger partial charge in [0.15, 0.2) is 5.54 Å². The van der Waals surface area contributed by atoms with Crippen molar-refractivity contribution in [2.45, 2.75) is 51.3 Å². The predicted molar refractivity (Wildman–Crippen MR) is 119 cm³/mol. The number of fused-ring (bicyclic) bond motifs is 1. The maximum atomic E-state index is 13.7. The average molecular weight is 423 g/mol. The van der Waals surface area contributed by atoms with Crippen LogP contribution in [0, 0.1) is 0 Å². The number of carbonyl (C=O) groups is 1. The number of rotatable bonds is 7. The number of ether oxygens (including phenoxy) is 2. The molecule has 164 valence electrons. The van der Waals surface area contributed by atoms with Crippen LogP contribution in [-0.4, -0.2) is 53.2 Å². The van der Waals surface area contributed by atoms with E-state index in [1.54, 1.807) is 0 Å². The highest BCUT2D eigenvalue weighted by atomic mass is 16.5. The quantitative estimate of drug-likeness (QED) is 0.695. The Morgan fingerprint density at radius 1 is 1.19 bits per heavy atom. The Morgan fingerprint density at radius 2 is 1.94 bits per heavy atom. The van der Waals surface area contributed by atoms with Crippen LogP contribution in [0.3, 0.4) is 0 Å². The van der Waals surface area contributed by atoms with Crippen molar-refractivity contribution in [3.05, 3.63) is 65.2 Å². The summed E-state index contributed by atoms with van der Waals surface area (Å²) in [5.74, 6) is 1.27. The first-order chi connectivity index (χ1) is 15.1. The SMILES string of the molecule is CCCN1Cc2ccccc2C[C@@]2(N=C(c3ccc(OCCCO)cc3)O[C@H]2C)C1=O. The highest BCUT2D eigenvalue weighted by Crippen LogP contribution is 2.37. The van der Waals surface area contributed by atoms with Gasteiger partial charge in [0.1, 0.15) is 11.9 Å². The number of hydrogen-bond acceptors (Lipinski definition) is 5. The molecule has 0 unspecified atom stereocenters. The zero-order valence-electron chi connectivity index (χ0n) is 18.2. The highest BCUT2D eigenvalue weighted by molar-refractivity contribution is 6.01. The molecule has 2 atom stereocenters. The normalized spacial score (nSPS) is 22.7. The van der Waals surface area contributed by atoms with Crippen molar-refractivity contribution in [3.63, 3.8) is 0 Å². The van der Waals surface area contributed by atoms with Crippen LogP contribution in [0.2, 0.25) is 0 Å². The second kappa shape index (κ2) is 9.10. The third kappa shape index (κ3) is 4.17. The van der Waals surface area contributed by atoms with Crippen molar-refractivity contribution in [1.29, 1.82) is 0 Å². The Labute approximate surface area is 183 Å². The van der Waals surface area contributed by atoms with E-state index in [9.17, 15) is 4.79 Å². The van der Waals surface area contributed by atoms with E-state index in [4.69, 9.17) is 19.6 Å². The van der Waals surface area contributed by atoms with Gasteiger partial charge < -0.3 is 19.5 Å². The van der Waals surface area contributed by atoms with Gasteiger partial charge >= 0.3 is 0 Å². The number of amides is 1. The van der Waals surface area contributed by atoms with Crippen molar-refractivity contribution < 1.29 is 19.4 Å². The lowest BCUT2D eigenvalue weighted by Gasteiger charge is -2.31. The summed E-state index contributed by atoms with van der Waals surface area (Å²) in [6.07, 6.45) is 1.67. The van der Waals surface area contributed by atoms with Gasteiger partial charge in [0.25, 0.3) is 5.91 Å². The van der Waals surface area contributed by atoms with Gasteiger partial charge in [0.05, 0.1) is 6.61 Å². The molecule has 6 heteroatoms. The van der Waals surface area contributed by atoms with E-state index in [2.05, 4.69) is 19.1 Å². The molecular formula is C25H30N2O4. The Kier molecular flexibility index (Phi) is 6.28. The van der Waals surface area contributed by atoms with E-state index >= 15 is 0 Å². The van der Waals surface area contributed by atoms with Gasteiger partial charge in [0.2, 0.25) is 5.90 Å². The smallest absolute Gasteiger partial charge is 0.255 e. The molecule has 0 saturated carbocycles. The molecular weight excluding hydrogens is 392 g/mol. The van der Waals surface area contributed by atoms with Crippen molar-refractivity contribution >= 4 is 11.8 Å². The number of carbonyl (C=O) groups excluding carboxylic acids is 1. The second-order valence-corrected chi connectivity index (χ2v) is 8.22. The number of hydrogen-bond donors (Lipinski definition) is 1. The molecule has 1 spiro atoms. The van der Waals surface area contributed by atoms with Gasteiger partial charge in [-0.3, -0.25) is 4.79 Å². The van der Waals surface area contributed by atoms with E-state index in [0.717, 1.165) is 23.3 Å². The highest BCUT2D eigenvalue weighted by Gasteiger charge is 2.53. The third-order valence-corrected chi connectivity index (χ3v) is 6.03. The second-order valence-electron chi connectivity index (χ2n) is 8.22. The largest absolute Gasteiger partial charge is 0.494 e. The standard InChI is InChI=1S/C25H30N2O4/c1-3-13-27-17-21-8-5-4-7-20(21)16-25(24(27)29)18(2)31-23(26-25)19-9-11-22(12-10-19)30-15-6-14-28/h4-5,7-12,18,28H,3,6,13-17H2,1-2H3/t18-,25-/m0/s1. The summed E-state index contributed by atoms with van der Waals surface area (Å²) in [7, 11) is 0. The minimum atomic E-state index is -0.951. The van der Waals surface area contributed by atoms with Gasteiger partial charge in [-0.15, -0.1) is 0 Å². The molecule has 2 aromatic rings. The molecule has 0 aliphatic carbocycles. The number of nitrogens with zero attached hydrogens (tertiary/aromatic N) is 2. The Balaban J connectivity index is 1.66. The molecule has 1 amide bonds. The van der Waals surface area contributed by atoms with Crippen LogP contribution in [0.15, 0.2) is 53.5 Å². The first-order valence-electron chi connectivity index (χ1n) is 11.0. The zero-order valence-corrected chi connectivity index (χ0v) is 18.2. The molecule has 2 aromatic carbocycles. The molecule has 0 aromatic heterocycles. The van der Waals surface area contributed by atoms with Gasteiger partial charge in [-0.05, 0) is 48.7 Å². The number of aliphatic imine (C=N–C) groups is 1. The number of aliphatic hydroxyl groups is 1. The minimum absolute atomic E-state index is 0.0389. The first-order valence-corrected chi connectivity index (χ1v) is 11.0. The Morgan fingerprint density at radius 3 is 2.65 bits per heavy atom. The number of benzene rings is 2. The third-order valence-electron chi connectivity index (χ3n) is 6.03. The van der Waals surface area contributed by atoms with Gasteiger partial charge in [-0.25, -0.2) is 4.99 Å². The molecule has 0 saturated heterocycles. The fourth-order valence-corrected chi connectivity index (χ4v) is 4.30. The molecule has 0 radical (unpaired) electrons. The topological polar surface area (TPSA) is 71.4 Å². The predicted octanol–water partition coefficient (Wildman–Crippen LogP) is 3.35. The van der Waals surface area contributed by atoms with Crippen molar-refractivity contribution in [2.24, 2.45) is 4.99 Å². The van der Waals surface area contributed by atoms with Crippen LogP contribution >= 0.6 is 0 Å².